The number of hydrogen-bond acceptors (Lipinski definition) is 6. The first-order valence-corrected chi connectivity index (χ1v) is 12.1. The molecule has 0 radical (unpaired) electrons. The van der Waals surface area contributed by atoms with Crippen molar-refractivity contribution in [3.63, 3.8) is 0 Å². The van der Waals surface area contributed by atoms with Gasteiger partial charge in [-0.25, -0.2) is 0 Å². The van der Waals surface area contributed by atoms with E-state index in [1.54, 1.807) is 0 Å². The molecule has 0 aromatic heterocycles. The maximum absolute atomic E-state index is 12.6. The van der Waals surface area contributed by atoms with Crippen LogP contribution in [0.15, 0.2) is 10.3 Å². The molecule has 0 heterocycles. The van der Waals surface area contributed by atoms with Gasteiger partial charge in [-0.15, -0.1) is 12.4 Å². The van der Waals surface area contributed by atoms with E-state index in [2.05, 4.69) is 24.2 Å². The fraction of sp³-hybridized carbons (Fsp3) is 0.875. The Kier molecular flexibility index (Phi) is 6.19. The Labute approximate surface area is 191 Å². The number of carbonyl (C=O) groups is 1. The minimum atomic E-state index is -0.153. The molecule has 0 amide bonds. The molecule has 0 spiro atoms. The summed E-state index contributed by atoms with van der Waals surface area (Å²) in [6.07, 6.45) is 10.7. The van der Waals surface area contributed by atoms with E-state index in [1.165, 1.54) is 0 Å². The third-order valence-electron chi connectivity index (χ3n) is 9.98. The number of nitrogens with two attached hydrogens (primary N) is 1. The SMILES string of the molecule is C[C@]12CCC(=NO[C@@H]3CCC[C@H]3N)C[C@@H]1/C(=N/O)C[C@@H]1[C@@H]2CC[C@]2(C)C(=O)CC[C@@H]12.Cl. The van der Waals surface area contributed by atoms with Crippen molar-refractivity contribution in [2.75, 3.05) is 0 Å². The highest BCUT2D eigenvalue weighted by molar-refractivity contribution is 5.96. The maximum Gasteiger partial charge on any atom is 0.142 e. The first-order chi connectivity index (χ1) is 14.4. The van der Waals surface area contributed by atoms with Crippen LogP contribution in [0.3, 0.4) is 0 Å². The second-order valence-corrected chi connectivity index (χ2v) is 11.2. The molecule has 0 unspecified atom stereocenters. The summed E-state index contributed by atoms with van der Waals surface area (Å²) in [5.41, 5.74) is 8.10. The Morgan fingerprint density at radius 3 is 2.58 bits per heavy atom. The zero-order valence-corrected chi connectivity index (χ0v) is 19.7. The van der Waals surface area contributed by atoms with E-state index in [1.807, 2.05) is 0 Å². The molecule has 31 heavy (non-hydrogen) atoms. The minimum absolute atomic E-state index is 0. The first-order valence-electron chi connectivity index (χ1n) is 12.1. The smallest absolute Gasteiger partial charge is 0.142 e. The number of halogens is 1. The van der Waals surface area contributed by atoms with E-state index in [0.717, 1.165) is 82.1 Å². The van der Waals surface area contributed by atoms with Gasteiger partial charge in [-0.3, -0.25) is 4.79 Å². The van der Waals surface area contributed by atoms with Crippen LogP contribution in [-0.2, 0) is 9.63 Å². The van der Waals surface area contributed by atoms with Gasteiger partial charge in [0.25, 0.3) is 0 Å². The molecule has 8 atom stereocenters. The summed E-state index contributed by atoms with van der Waals surface area (Å²) in [5, 5.41) is 18.3. The van der Waals surface area contributed by atoms with Gasteiger partial charge in [0.15, 0.2) is 0 Å². The van der Waals surface area contributed by atoms with Gasteiger partial charge in [0.2, 0.25) is 0 Å². The number of carbonyl (C=O) groups excluding carboxylic acids is 1. The van der Waals surface area contributed by atoms with Gasteiger partial charge >= 0.3 is 0 Å². The molecule has 5 fully saturated rings. The summed E-state index contributed by atoms with van der Waals surface area (Å²) in [5.74, 6) is 2.19. The molecule has 5 saturated carbocycles. The molecule has 174 valence electrons. The van der Waals surface area contributed by atoms with Crippen molar-refractivity contribution in [3.8, 4) is 0 Å². The van der Waals surface area contributed by atoms with Gasteiger partial charge in [0.1, 0.15) is 11.9 Å². The van der Waals surface area contributed by atoms with Gasteiger partial charge < -0.3 is 15.8 Å². The van der Waals surface area contributed by atoms with Crippen LogP contribution in [0, 0.1) is 34.5 Å². The number of Topliss-reactive ketones (excluding diaryl/α,β-unsaturated/α-hetero) is 1. The zero-order valence-electron chi connectivity index (χ0n) is 18.9. The van der Waals surface area contributed by atoms with Crippen LogP contribution in [0.5, 0.6) is 0 Å². The highest BCUT2D eigenvalue weighted by Gasteiger charge is 2.61. The first kappa shape index (κ1) is 23.0. The topological polar surface area (TPSA) is 97.3 Å². The highest BCUT2D eigenvalue weighted by atomic mass is 35.5. The Hall–Kier alpha value is -1.14. The number of fused-ring (bicyclic) bond motifs is 5. The second-order valence-electron chi connectivity index (χ2n) is 11.2. The number of nitrogens with zero attached hydrogens (tertiary/aromatic N) is 2. The van der Waals surface area contributed by atoms with Crippen LogP contribution in [0.2, 0.25) is 0 Å². The number of ketones is 1. The van der Waals surface area contributed by atoms with Crippen molar-refractivity contribution < 1.29 is 14.8 Å². The van der Waals surface area contributed by atoms with Crippen LogP contribution in [-0.4, -0.2) is 34.6 Å². The Bertz CT molecular complexity index is 786. The third-order valence-corrected chi connectivity index (χ3v) is 9.98. The lowest BCUT2D eigenvalue weighted by molar-refractivity contribution is -0.133. The van der Waals surface area contributed by atoms with Crippen LogP contribution in [0.1, 0.15) is 84.5 Å². The zero-order chi connectivity index (χ0) is 21.1. The van der Waals surface area contributed by atoms with E-state index in [4.69, 9.17) is 10.6 Å². The second kappa shape index (κ2) is 8.33. The fourth-order valence-corrected chi connectivity index (χ4v) is 8.07. The third kappa shape index (κ3) is 3.52. The molecule has 0 bridgehead atoms. The Morgan fingerprint density at radius 1 is 1.06 bits per heavy atom. The van der Waals surface area contributed by atoms with Crippen LogP contribution >= 0.6 is 12.4 Å². The molecule has 5 rings (SSSR count). The molecular weight excluding hydrogens is 414 g/mol. The normalized spacial score (nSPS) is 49.3. The molecule has 6 nitrogen and oxygen atoms in total. The number of hydrogen-bond donors (Lipinski definition) is 2. The van der Waals surface area contributed by atoms with Crippen molar-refractivity contribution in [1.82, 2.24) is 0 Å². The van der Waals surface area contributed by atoms with E-state index in [-0.39, 0.29) is 41.3 Å². The van der Waals surface area contributed by atoms with Crippen molar-refractivity contribution in [3.05, 3.63) is 0 Å². The average Bonchev–Trinajstić information content (AvgIpc) is 3.28. The molecule has 5 aliphatic carbocycles. The van der Waals surface area contributed by atoms with Crippen molar-refractivity contribution in [2.24, 2.45) is 50.5 Å². The summed E-state index contributed by atoms with van der Waals surface area (Å²) in [7, 11) is 0. The number of rotatable bonds is 2. The van der Waals surface area contributed by atoms with Crippen LogP contribution in [0.4, 0.5) is 0 Å². The molecule has 5 aliphatic rings. The summed E-state index contributed by atoms with van der Waals surface area (Å²) in [4.78, 5) is 18.5. The van der Waals surface area contributed by atoms with Crippen molar-refractivity contribution in [1.29, 1.82) is 0 Å². The Balaban J connectivity index is 0.00000231. The van der Waals surface area contributed by atoms with E-state index in [9.17, 15) is 10.0 Å². The lowest BCUT2D eigenvalue weighted by Crippen LogP contribution is -2.56. The summed E-state index contributed by atoms with van der Waals surface area (Å²) < 4.78 is 0. The molecule has 0 aromatic rings. The summed E-state index contributed by atoms with van der Waals surface area (Å²) in [6, 6.07) is 0.0962. The number of oxime groups is 2. The maximum atomic E-state index is 12.6. The molecule has 0 aromatic carbocycles. The summed E-state index contributed by atoms with van der Waals surface area (Å²) >= 11 is 0. The molecule has 3 N–H and O–H groups in total. The van der Waals surface area contributed by atoms with E-state index < -0.39 is 0 Å². The molecule has 7 heteroatoms. The monoisotopic (exact) mass is 451 g/mol. The van der Waals surface area contributed by atoms with Gasteiger partial charge in [-0.2, -0.15) is 0 Å². The average molecular weight is 452 g/mol. The molecule has 0 saturated heterocycles. The predicted octanol–water partition coefficient (Wildman–Crippen LogP) is 4.71. The quantitative estimate of drug-likeness (QED) is 0.469. The molecule has 0 aliphatic heterocycles. The molecular formula is C24H38ClN3O3. The van der Waals surface area contributed by atoms with Crippen molar-refractivity contribution >= 4 is 29.6 Å². The van der Waals surface area contributed by atoms with Crippen LogP contribution in [0.25, 0.3) is 0 Å². The van der Waals surface area contributed by atoms with Crippen LogP contribution < -0.4 is 5.73 Å². The Morgan fingerprint density at radius 2 is 1.87 bits per heavy atom. The van der Waals surface area contributed by atoms with Gasteiger partial charge in [0, 0.05) is 23.8 Å². The fourth-order valence-electron chi connectivity index (χ4n) is 8.07. The van der Waals surface area contributed by atoms with Crippen molar-refractivity contribution in [2.45, 2.75) is 96.6 Å². The standard InChI is InChI=1S/C24H37N3O3.ClH/c1-23-10-8-14(27-30-21-5-3-4-19(21)25)12-18(23)20(26-29)13-15-16-6-7-22(28)24(16,2)11-9-17(15)23;/h15-19,21,29H,3-13,25H2,1-2H3;1H/b26-20+,27-14?;/t15-,16-,17-,18+,19+,21+,23+,24-;/m0./s1. The van der Waals surface area contributed by atoms with Gasteiger partial charge in [0.05, 0.1) is 11.4 Å². The summed E-state index contributed by atoms with van der Waals surface area (Å²) in [6.45, 7) is 4.60. The minimum Gasteiger partial charge on any atom is -0.411 e. The lowest BCUT2D eigenvalue weighted by atomic mass is 9.45. The largest absolute Gasteiger partial charge is 0.411 e. The van der Waals surface area contributed by atoms with Gasteiger partial charge in [-0.05, 0) is 87.4 Å². The van der Waals surface area contributed by atoms with Gasteiger partial charge in [-0.1, -0.05) is 24.2 Å². The van der Waals surface area contributed by atoms with E-state index >= 15 is 0 Å². The van der Waals surface area contributed by atoms with E-state index in [0.29, 0.717) is 23.5 Å². The predicted molar refractivity (Wildman–Crippen MR) is 123 cm³/mol. The lowest BCUT2D eigenvalue weighted by Gasteiger charge is -2.59. The highest BCUT2D eigenvalue weighted by Crippen LogP contribution is 2.64.